The van der Waals surface area contributed by atoms with Crippen molar-refractivity contribution in [3.05, 3.63) is 66.0 Å². The SMILES string of the molecule is CC(C)(C)C(N)C1Nc2cc(F)c(-c3ccc(-c4cc5nc([C@@H](N)C(C)(C)C)[nH]c5cc4F)cc3)cc2N1. The molecule has 5 rings (SSSR count). The lowest BCUT2D eigenvalue weighted by Crippen LogP contribution is -2.50. The van der Waals surface area contributed by atoms with Crippen molar-refractivity contribution in [3.8, 4) is 22.3 Å². The summed E-state index contributed by atoms with van der Waals surface area (Å²) in [7, 11) is 0. The predicted molar refractivity (Wildman–Crippen MR) is 152 cm³/mol. The van der Waals surface area contributed by atoms with E-state index in [-0.39, 0.29) is 40.7 Å². The van der Waals surface area contributed by atoms with Crippen molar-refractivity contribution in [2.45, 2.75) is 59.8 Å². The van der Waals surface area contributed by atoms with Crippen molar-refractivity contribution in [2.24, 2.45) is 22.3 Å². The molecule has 0 radical (unpaired) electrons. The molecule has 200 valence electrons. The van der Waals surface area contributed by atoms with E-state index < -0.39 is 0 Å². The Kier molecular flexibility index (Phi) is 6.23. The maximum Gasteiger partial charge on any atom is 0.133 e. The molecule has 6 nitrogen and oxygen atoms in total. The molecular formula is C30H36F2N6. The lowest BCUT2D eigenvalue weighted by molar-refractivity contribution is 0.303. The molecule has 2 unspecified atom stereocenters. The molecule has 0 bridgehead atoms. The average Bonchev–Trinajstić information content (AvgIpc) is 3.44. The third-order valence-electron chi connectivity index (χ3n) is 7.41. The Labute approximate surface area is 222 Å². The van der Waals surface area contributed by atoms with Crippen molar-refractivity contribution in [3.63, 3.8) is 0 Å². The number of aromatic nitrogens is 2. The summed E-state index contributed by atoms with van der Waals surface area (Å²) < 4.78 is 30.2. The standard InChI is InChI=1S/C30H36F2N6/c1-29(2,3)25(33)27-35-21-11-17(19(31)13-23(21)37-27)15-7-9-16(10-8-15)18-12-22-24(14-20(18)32)38-28(36-22)26(34)30(4,5)6/h7-14,25-27,35,37H,33-34H2,1-6H3,(H,36,38)/t25?,26-,27?/m1/s1. The fraction of sp³-hybridized carbons (Fsp3) is 0.367. The first kappa shape index (κ1) is 26.1. The van der Waals surface area contributed by atoms with Gasteiger partial charge in [-0.2, -0.15) is 0 Å². The second kappa shape index (κ2) is 9.06. The number of aromatic amines is 1. The summed E-state index contributed by atoms with van der Waals surface area (Å²) in [5.41, 5.74) is 17.4. The van der Waals surface area contributed by atoms with Crippen LogP contribution >= 0.6 is 0 Å². The van der Waals surface area contributed by atoms with Crippen LogP contribution in [0.5, 0.6) is 0 Å². The third kappa shape index (κ3) is 4.74. The van der Waals surface area contributed by atoms with Crippen LogP contribution in [0.25, 0.3) is 33.3 Å². The highest BCUT2D eigenvalue weighted by molar-refractivity contribution is 5.85. The topological polar surface area (TPSA) is 105 Å². The Morgan fingerprint density at radius 3 is 1.84 bits per heavy atom. The van der Waals surface area contributed by atoms with Gasteiger partial charge in [0.2, 0.25) is 0 Å². The molecule has 8 heteroatoms. The van der Waals surface area contributed by atoms with E-state index in [2.05, 4.69) is 41.4 Å². The van der Waals surface area contributed by atoms with E-state index in [1.165, 1.54) is 12.1 Å². The number of rotatable bonds is 4. The number of nitrogens with zero attached hydrogens (tertiary/aromatic N) is 1. The highest BCUT2D eigenvalue weighted by Crippen LogP contribution is 2.39. The third-order valence-corrected chi connectivity index (χ3v) is 7.41. The molecule has 0 aliphatic carbocycles. The molecule has 3 aromatic carbocycles. The van der Waals surface area contributed by atoms with Gasteiger partial charge in [0.25, 0.3) is 0 Å². The van der Waals surface area contributed by atoms with Crippen LogP contribution in [0.3, 0.4) is 0 Å². The highest BCUT2D eigenvalue weighted by atomic mass is 19.1. The first-order valence-corrected chi connectivity index (χ1v) is 12.9. The van der Waals surface area contributed by atoms with E-state index in [4.69, 9.17) is 11.5 Å². The van der Waals surface area contributed by atoms with Gasteiger partial charge in [-0.25, -0.2) is 13.8 Å². The Hall–Kier alpha value is -3.49. The number of hydrogen-bond donors (Lipinski definition) is 5. The minimum atomic E-state index is -0.370. The van der Waals surface area contributed by atoms with Gasteiger partial charge in [0.15, 0.2) is 0 Å². The first-order chi connectivity index (χ1) is 17.7. The van der Waals surface area contributed by atoms with Gasteiger partial charge in [-0.15, -0.1) is 0 Å². The van der Waals surface area contributed by atoms with Crippen molar-refractivity contribution in [1.29, 1.82) is 0 Å². The lowest BCUT2D eigenvalue weighted by Gasteiger charge is -2.32. The molecule has 7 N–H and O–H groups in total. The Bertz CT molecular complexity index is 1490. The summed E-state index contributed by atoms with van der Waals surface area (Å²) in [5.74, 6) is -0.0899. The van der Waals surface area contributed by atoms with Gasteiger partial charge in [-0.3, -0.25) is 0 Å². The van der Waals surface area contributed by atoms with Crippen LogP contribution < -0.4 is 22.1 Å². The molecular weight excluding hydrogens is 482 g/mol. The molecule has 0 spiro atoms. The van der Waals surface area contributed by atoms with E-state index in [1.54, 1.807) is 36.4 Å². The Morgan fingerprint density at radius 2 is 1.29 bits per heavy atom. The summed E-state index contributed by atoms with van der Waals surface area (Å²) in [6.07, 6.45) is -0.194. The Balaban J connectivity index is 1.43. The van der Waals surface area contributed by atoms with Gasteiger partial charge in [0.05, 0.1) is 28.5 Å². The number of benzene rings is 3. The van der Waals surface area contributed by atoms with Crippen molar-refractivity contribution < 1.29 is 8.78 Å². The summed E-state index contributed by atoms with van der Waals surface area (Å²) in [4.78, 5) is 7.79. The second-order valence-corrected chi connectivity index (χ2v) is 12.4. The fourth-order valence-electron chi connectivity index (χ4n) is 4.74. The van der Waals surface area contributed by atoms with Crippen molar-refractivity contribution in [1.82, 2.24) is 9.97 Å². The zero-order valence-corrected chi connectivity index (χ0v) is 22.7. The fourth-order valence-corrected chi connectivity index (χ4v) is 4.74. The summed E-state index contributed by atoms with van der Waals surface area (Å²) in [6, 6.07) is 13.2. The van der Waals surface area contributed by atoms with E-state index in [0.29, 0.717) is 44.8 Å². The molecule has 38 heavy (non-hydrogen) atoms. The van der Waals surface area contributed by atoms with Crippen LogP contribution in [-0.4, -0.2) is 22.2 Å². The Morgan fingerprint density at radius 1 is 0.763 bits per heavy atom. The van der Waals surface area contributed by atoms with Gasteiger partial charge < -0.3 is 27.1 Å². The number of imidazole rings is 1. The molecule has 0 saturated heterocycles. The van der Waals surface area contributed by atoms with Gasteiger partial charge >= 0.3 is 0 Å². The molecule has 4 aromatic rings. The van der Waals surface area contributed by atoms with Crippen LogP contribution in [0.15, 0.2) is 48.5 Å². The quantitative estimate of drug-likeness (QED) is 0.205. The zero-order chi connectivity index (χ0) is 27.6. The van der Waals surface area contributed by atoms with Gasteiger partial charge in [0.1, 0.15) is 23.6 Å². The summed E-state index contributed by atoms with van der Waals surface area (Å²) in [6.45, 7) is 12.3. The number of nitrogens with one attached hydrogen (secondary N) is 3. The van der Waals surface area contributed by atoms with E-state index >= 15 is 8.78 Å². The second-order valence-electron chi connectivity index (χ2n) is 12.4. The van der Waals surface area contributed by atoms with Crippen LogP contribution in [-0.2, 0) is 0 Å². The monoisotopic (exact) mass is 518 g/mol. The van der Waals surface area contributed by atoms with E-state index in [1.807, 2.05) is 20.8 Å². The van der Waals surface area contributed by atoms with Crippen molar-refractivity contribution >= 4 is 22.4 Å². The van der Waals surface area contributed by atoms with E-state index in [0.717, 1.165) is 5.69 Å². The van der Waals surface area contributed by atoms with E-state index in [9.17, 15) is 0 Å². The van der Waals surface area contributed by atoms with Crippen LogP contribution in [0.4, 0.5) is 20.2 Å². The normalized spacial score (nSPS) is 17.2. The molecule has 0 fully saturated rings. The van der Waals surface area contributed by atoms with Gasteiger partial charge in [-0.1, -0.05) is 65.8 Å². The molecule has 0 saturated carbocycles. The van der Waals surface area contributed by atoms with Gasteiger partial charge in [-0.05, 0) is 40.2 Å². The largest absolute Gasteiger partial charge is 0.362 e. The number of H-pyrrole nitrogens is 1. The number of anilines is 2. The summed E-state index contributed by atoms with van der Waals surface area (Å²) >= 11 is 0. The molecule has 3 atom stereocenters. The summed E-state index contributed by atoms with van der Waals surface area (Å²) in [5, 5.41) is 6.68. The van der Waals surface area contributed by atoms with Gasteiger partial charge in [0, 0.05) is 23.2 Å². The maximum absolute atomic E-state index is 15.1. The smallest absolute Gasteiger partial charge is 0.133 e. The van der Waals surface area contributed by atoms with Crippen LogP contribution in [0.2, 0.25) is 0 Å². The molecule has 0 amide bonds. The highest BCUT2D eigenvalue weighted by Gasteiger charge is 2.33. The minimum absolute atomic E-state index is 0.127. The zero-order valence-electron chi connectivity index (χ0n) is 22.7. The first-order valence-electron chi connectivity index (χ1n) is 12.9. The molecule has 1 aromatic heterocycles. The number of hydrogen-bond acceptors (Lipinski definition) is 5. The molecule has 2 heterocycles. The number of nitrogens with two attached hydrogens (primary N) is 2. The number of fused-ring (bicyclic) bond motifs is 2. The molecule has 1 aliphatic heterocycles. The van der Waals surface area contributed by atoms with Crippen LogP contribution in [0.1, 0.15) is 53.4 Å². The van der Waals surface area contributed by atoms with Crippen molar-refractivity contribution in [2.75, 3.05) is 10.6 Å². The number of halogens is 2. The molecule has 1 aliphatic rings. The lowest BCUT2D eigenvalue weighted by atomic mass is 9.85. The maximum atomic E-state index is 15.1. The average molecular weight is 519 g/mol. The van der Waals surface area contributed by atoms with Crippen LogP contribution in [0, 0.1) is 22.5 Å². The minimum Gasteiger partial charge on any atom is -0.362 e. The predicted octanol–water partition coefficient (Wildman–Crippen LogP) is 6.76.